The van der Waals surface area contributed by atoms with E-state index in [1.807, 2.05) is 6.92 Å². The summed E-state index contributed by atoms with van der Waals surface area (Å²) in [5.74, 6) is -0.524. The van der Waals surface area contributed by atoms with E-state index in [-0.39, 0.29) is 24.6 Å². The number of rotatable bonds is 4. The van der Waals surface area contributed by atoms with Gasteiger partial charge in [0.1, 0.15) is 6.10 Å². The van der Waals surface area contributed by atoms with Crippen molar-refractivity contribution in [3.63, 3.8) is 0 Å². The number of cyclic esters (lactones) is 1. The Labute approximate surface area is 89.2 Å². The lowest BCUT2D eigenvalue weighted by Gasteiger charge is -2.17. The van der Waals surface area contributed by atoms with Crippen LogP contribution in [0.3, 0.4) is 0 Å². The maximum Gasteiger partial charge on any atom is 0.333 e. The molecule has 84 valence electrons. The first-order valence-corrected chi connectivity index (χ1v) is 5.03. The van der Waals surface area contributed by atoms with Gasteiger partial charge in [0.25, 0.3) is 0 Å². The van der Waals surface area contributed by atoms with Gasteiger partial charge in [-0.25, -0.2) is 4.79 Å². The lowest BCUT2D eigenvalue weighted by Crippen LogP contribution is -2.23. The Morgan fingerprint density at radius 2 is 2.40 bits per heavy atom. The molecule has 0 amide bonds. The van der Waals surface area contributed by atoms with Crippen molar-refractivity contribution < 1.29 is 19.1 Å². The zero-order valence-corrected chi connectivity index (χ0v) is 9.12. The van der Waals surface area contributed by atoms with Gasteiger partial charge in [0.15, 0.2) is 0 Å². The minimum absolute atomic E-state index is 0.0414. The van der Waals surface area contributed by atoms with E-state index in [0.717, 1.165) is 0 Å². The minimum atomic E-state index is -0.397. The van der Waals surface area contributed by atoms with Gasteiger partial charge in [0.05, 0.1) is 6.61 Å². The van der Waals surface area contributed by atoms with Crippen LogP contribution >= 0.6 is 0 Å². The Morgan fingerprint density at radius 3 is 2.87 bits per heavy atom. The molecule has 2 unspecified atom stereocenters. The summed E-state index contributed by atoms with van der Waals surface area (Å²) in [4.78, 5) is 22.0. The van der Waals surface area contributed by atoms with Gasteiger partial charge in [-0.15, -0.1) is 0 Å². The minimum Gasteiger partial charge on any atom is -0.462 e. The van der Waals surface area contributed by atoms with E-state index in [9.17, 15) is 9.59 Å². The third kappa shape index (κ3) is 3.38. The highest BCUT2D eigenvalue weighted by Crippen LogP contribution is 2.21. The Balaban J connectivity index is 2.30. The zero-order chi connectivity index (χ0) is 11.4. The first-order valence-electron chi connectivity index (χ1n) is 5.03. The normalized spacial score (nSPS) is 22.0. The van der Waals surface area contributed by atoms with E-state index in [2.05, 4.69) is 6.58 Å². The smallest absolute Gasteiger partial charge is 0.333 e. The quantitative estimate of drug-likeness (QED) is 0.522. The Kier molecular flexibility index (Phi) is 3.88. The van der Waals surface area contributed by atoms with Crippen LogP contribution in [-0.2, 0) is 19.1 Å². The Hall–Kier alpha value is -1.32. The number of ether oxygens (including phenoxy) is 2. The predicted octanol–water partition coefficient (Wildman–Crippen LogP) is 1.45. The molecular formula is C11H16O4. The SMILES string of the molecule is C=C(C)C(=O)OCC(C)C1CCC(=O)O1. The second kappa shape index (κ2) is 4.96. The average molecular weight is 212 g/mol. The Morgan fingerprint density at radius 1 is 1.73 bits per heavy atom. The van der Waals surface area contributed by atoms with Crippen LogP contribution in [0.25, 0.3) is 0 Å². The van der Waals surface area contributed by atoms with Crippen LogP contribution in [0.1, 0.15) is 26.7 Å². The molecule has 0 aromatic heterocycles. The summed E-state index contributed by atoms with van der Waals surface area (Å²) < 4.78 is 10.0. The van der Waals surface area contributed by atoms with Crippen molar-refractivity contribution in [1.82, 2.24) is 0 Å². The number of carbonyl (C=O) groups excluding carboxylic acids is 2. The first-order chi connectivity index (χ1) is 7.00. The molecule has 1 aliphatic rings. The van der Waals surface area contributed by atoms with Crippen molar-refractivity contribution >= 4 is 11.9 Å². The van der Waals surface area contributed by atoms with Gasteiger partial charge in [0, 0.05) is 17.9 Å². The van der Waals surface area contributed by atoms with Crippen molar-refractivity contribution in [3.05, 3.63) is 12.2 Å². The molecule has 0 spiro atoms. The average Bonchev–Trinajstić information content (AvgIpc) is 2.60. The molecule has 0 saturated carbocycles. The molecule has 1 rings (SSSR count). The van der Waals surface area contributed by atoms with Gasteiger partial charge in [-0.3, -0.25) is 4.79 Å². The molecule has 15 heavy (non-hydrogen) atoms. The Bertz CT molecular complexity index is 282. The van der Waals surface area contributed by atoms with E-state index in [1.54, 1.807) is 6.92 Å². The van der Waals surface area contributed by atoms with Crippen molar-refractivity contribution in [1.29, 1.82) is 0 Å². The van der Waals surface area contributed by atoms with E-state index in [0.29, 0.717) is 18.4 Å². The standard InChI is InChI=1S/C11H16O4/c1-7(2)11(13)14-6-8(3)9-4-5-10(12)15-9/h8-9H,1,4-6H2,2-3H3. The molecule has 0 aromatic rings. The monoisotopic (exact) mass is 212 g/mol. The van der Waals surface area contributed by atoms with Crippen LogP contribution in [0.4, 0.5) is 0 Å². The van der Waals surface area contributed by atoms with Crippen LogP contribution in [-0.4, -0.2) is 24.6 Å². The molecule has 0 aromatic carbocycles. The molecule has 0 N–H and O–H groups in total. The zero-order valence-electron chi connectivity index (χ0n) is 9.12. The second-order valence-corrected chi connectivity index (χ2v) is 3.92. The van der Waals surface area contributed by atoms with Crippen molar-refractivity contribution in [2.75, 3.05) is 6.61 Å². The molecule has 4 nitrogen and oxygen atoms in total. The molecule has 1 heterocycles. The number of esters is 2. The number of hydrogen-bond acceptors (Lipinski definition) is 4. The third-order valence-corrected chi connectivity index (χ3v) is 2.38. The highest BCUT2D eigenvalue weighted by Gasteiger charge is 2.29. The highest BCUT2D eigenvalue weighted by atomic mass is 16.6. The highest BCUT2D eigenvalue weighted by molar-refractivity contribution is 5.86. The van der Waals surface area contributed by atoms with Gasteiger partial charge in [-0.1, -0.05) is 13.5 Å². The number of carbonyl (C=O) groups is 2. The first kappa shape index (κ1) is 11.8. The maximum absolute atomic E-state index is 11.1. The van der Waals surface area contributed by atoms with Gasteiger partial charge in [-0.2, -0.15) is 0 Å². The molecule has 0 aliphatic carbocycles. The summed E-state index contributed by atoms with van der Waals surface area (Å²) in [6.45, 7) is 7.25. The van der Waals surface area contributed by atoms with Crippen LogP contribution in [0, 0.1) is 5.92 Å². The van der Waals surface area contributed by atoms with Crippen LogP contribution < -0.4 is 0 Å². The fourth-order valence-corrected chi connectivity index (χ4v) is 1.39. The van der Waals surface area contributed by atoms with Crippen LogP contribution in [0.5, 0.6) is 0 Å². The molecular weight excluding hydrogens is 196 g/mol. The van der Waals surface area contributed by atoms with E-state index in [1.165, 1.54) is 0 Å². The van der Waals surface area contributed by atoms with Gasteiger partial charge >= 0.3 is 11.9 Å². The second-order valence-electron chi connectivity index (χ2n) is 3.92. The molecule has 0 bridgehead atoms. The lowest BCUT2D eigenvalue weighted by molar-refractivity contribution is -0.146. The van der Waals surface area contributed by atoms with E-state index >= 15 is 0 Å². The molecule has 0 radical (unpaired) electrons. The fraction of sp³-hybridized carbons (Fsp3) is 0.636. The summed E-state index contributed by atoms with van der Waals surface area (Å²) in [5.41, 5.74) is 0.380. The molecule has 1 fully saturated rings. The van der Waals surface area contributed by atoms with Crippen molar-refractivity contribution in [3.8, 4) is 0 Å². The summed E-state index contributed by atoms with van der Waals surface area (Å²) in [7, 11) is 0. The maximum atomic E-state index is 11.1. The predicted molar refractivity (Wildman–Crippen MR) is 54.1 cm³/mol. The largest absolute Gasteiger partial charge is 0.462 e. The lowest BCUT2D eigenvalue weighted by atomic mass is 10.0. The number of hydrogen-bond donors (Lipinski definition) is 0. The molecule has 4 heteroatoms. The molecule has 1 saturated heterocycles. The summed E-state index contributed by atoms with van der Waals surface area (Å²) in [6.07, 6.45) is 1.06. The van der Waals surface area contributed by atoms with E-state index < -0.39 is 5.97 Å². The molecule has 2 atom stereocenters. The fourth-order valence-electron chi connectivity index (χ4n) is 1.39. The van der Waals surface area contributed by atoms with Gasteiger partial charge in [0.2, 0.25) is 0 Å². The van der Waals surface area contributed by atoms with Crippen LogP contribution in [0.2, 0.25) is 0 Å². The summed E-state index contributed by atoms with van der Waals surface area (Å²) in [6, 6.07) is 0. The van der Waals surface area contributed by atoms with E-state index in [4.69, 9.17) is 9.47 Å². The van der Waals surface area contributed by atoms with Crippen LogP contribution in [0.15, 0.2) is 12.2 Å². The van der Waals surface area contributed by atoms with Gasteiger partial charge in [-0.05, 0) is 13.3 Å². The topological polar surface area (TPSA) is 52.6 Å². The third-order valence-electron chi connectivity index (χ3n) is 2.38. The summed E-state index contributed by atoms with van der Waals surface area (Å²) >= 11 is 0. The van der Waals surface area contributed by atoms with Crippen molar-refractivity contribution in [2.24, 2.45) is 5.92 Å². The van der Waals surface area contributed by atoms with Gasteiger partial charge < -0.3 is 9.47 Å². The summed E-state index contributed by atoms with van der Waals surface area (Å²) in [5, 5.41) is 0. The molecule has 1 aliphatic heterocycles. The van der Waals surface area contributed by atoms with Crippen molar-refractivity contribution in [2.45, 2.75) is 32.8 Å².